The molecule has 0 heterocycles. The van der Waals surface area contributed by atoms with Crippen LogP contribution < -0.4 is 10.6 Å². The maximum absolute atomic E-state index is 13.0. The van der Waals surface area contributed by atoms with Crippen molar-refractivity contribution in [1.29, 1.82) is 0 Å². The Hall–Kier alpha value is -2.08. The molecule has 0 bridgehead atoms. The number of para-hydroxylation sites is 1. The van der Waals surface area contributed by atoms with E-state index >= 15 is 0 Å². The average molecular weight is 352 g/mol. The lowest BCUT2D eigenvalue weighted by atomic mass is 10.1. The van der Waals surface area contributed by atoms with E-state index < -0.39 is 11.7 Å². The monoisotopic (exact) mass is 352 g/mol. The zero-order valence-corrected chi connectivity index (χ0v) is 14.0. The van der Waals surface area contributed by atoms with Gasteiger partial charge in [-0.15, -0.1) is 0 Å². The van der Waals surface area contributed by atoms with Gasteiger partial charge in [-0.1, -0.05) is 42.5 Å². The van der Waals surface area contributed by atoms with E-state index in [1.807, 2.05) is 37.3 Å². The van der Waals surface area contributed by atoms with Gasteiger partial charge in [0.25, 0.3) is 0 Å². The summed E-state index contributed by atoms with van der Waals surface area (Å²) in [6.45, 7) is 1.95. The number of aryl methyl sites for hydroxylation is 1. The molecule has 2 rings (SSSR count). The molecule has 0 saturated heterocycles. The van der Waals surface area contributed by atoms with Crippen LogP contribution in [0, 0.1) is 0 Å². The Morgan fingerprint density at radius 2 is 1.67 bits per heavy atom. The van der Waals surface area contributed by atoms with E-state index in [2.05, 4.69) is 10.6 Å². The first-order valence-corrected chi connectivity index (χ1v) is 8.05. The Kier molecular flexibility index (Phi) is 6.20. The molecule has 0 saturated carbocycles. The Bertz CT molecular complexity index is 671. The van der Waals surface area contributed by atoms with Crippen LogP contribution >= 0.6 is 12.2 Å². The molecule has 2 N–H and O–H groups in total. The molecule has 128 valence electrons. The van der Waals surface area contributed by atoms with Gasteiger partial charge in [-0.05, 0) is 49.7 Å². The highest BCUT2D eigenvalue weighted by atomic mass is 32.1. The van der Waals surface area contributed by atoms with Crippen molar-refractivity contribution in [2.24, 2.45) is 0 Å². The molecule has 0 aliphatic carbocycles. The van der Waals surface area contributed by atoms with Crippen molar-refractivity contribution >= 4 is 23.0 Å². The topological polar surface area (TPSA) is 24.1 Å². The van der Waals surface area contributed by atoms with Crippen molar-refractivity contribution in [2.45, 2.75) is 32.0 Å². The first-order chi connectivity index (χ1) is 11.4. The third kappa shape index (κ3) is 5.53. The Morgan fingerprint density at radius 3 is 2.33 bits per heavy atom. The Morgan fingerprint density at radius 1 is 1.04 bits per heavy atom. The fraction of sp³-hybridized carbons (Fsp3) is 0.278. The molecule has 0 fully saturated rings. The van der Waals surface area contributed by atoms with E-state index in [1.54, 1.807) is 6.07 Å². The van der Waals surface area contributed by atoms with Crippen molar-refractivity contribution in [3.63, 3.8) is 0 Å². The Balaban J connectivity index is 1.89. The number of halogens is 3. The number of thiocarbonyl (C=S) groups is 1. The molecule has 1 atom stereocenters. The summed E-state index contributed by atoms with van der Waals surface area (Å²) in [5, 5.41) is 5.86. The lowest BCUT2D eigenvalue weighted by Gasteiger charge is -2.19. The van der Waals surface area contributed by atoms with Crippen molar-refractivity contribution in [3.8, 4) is 0 Å². The van der Waals surface area contributed by atoms with Gasteiger partial charge in [0.05, 0.1) is 11.3 Å². The molecule has 0 spiro atoms. The molecular formula is C18H19F3N2S. The van der Waals surface area contributed by atoms with Crippen molar-refractivity contribution in [3.05, 3.63) is 65.7 Å². The van der Waals surface area contributed by atoms with E-state index in [4.69, 9.17) is 12.2 Å². The van der Waals surface area contributed by atoms with Gasteiger partial charge in [-0.2, -0.15) is 13.2 Å². The molecular weight excluding hydrogens is 333 g/mol. The van der Waals surface area contributed by atoms with Crippen LogP contribution in [0.4, 0.5) is 18.9 Å². The van der Waals surface area contributed by atoms with Crippen LogP contribution in [0.1, 0.15) is 24.5 Å². The number of hydrogen-bond donors (Lipinski definition) is 2. The predicted octanol–water partition coefficient (Wildman–Crippen LogP) is 5.01. The lowest BCUT2D eigenvalue weighted by Crippen LogP contribution is -2.36. The summed E-state index contributed by atoms with van der Waals surface area (Å²) in [6, 6.07) is 15.3. The van der Waals surface area contributed by atoms with Crippen molar-refractivity contribution in [2.75, 3.05) is 5.32 Å². The quantitative estimate of drug-likeness (QED) is 0.740. The van der Waals surface area contributed by atoms with Gasteiger partial charge in [0.1, 0.15) is 0 Å². The predicted molar refractivity (Wildman–Crippen MR) is 95.0 cm³/mol. The van der Waals surface area contributed by atoms with E-state index in [-0.39, 0.29) is 16.8 Å². The normalized spacial score (nSPS) is 12.5. The molecule has 0 aliphatic rings. The highest BCUT2D eigenvalue weighted by molar-refractivity contribution is 7.80. The number of anilines is 1. The van der Waals surface area contributed by atoms with E-state index in [1.165, 1.54) is 17.7 Å². The van der Waals surface area contributed by atoms with Gasteiger partial charge in [-0.3, -0.25) is 0 Å². The average Bonchev–Trinajstić information content (AvgIpc) is 2.53. The number of alkyl halides is 3. The highest BCUT2D eigenvalue weighted by Crippen LogP contribution is 2.34. The first kappa shape index (κ1) is 18.3. The minimum Gasteiger partial charge on any atom is -0.360 e. The number of benzene rings is 2. The van der Waals surface area contributed by atoms with Crippen LogP contribution in [0.3, 0.4) is 0 Å². The van der Waals surface area contributed by atoms with Gasteiger partial charge in [0.2, 0.25) is 0 Å². The zero-order chi connectivity index (χ0) is 17.6. The molecule has 6 heteroatoms. The van der Waals surface area contributed by atoms with E-state index in [0.29, 0.717) is 0 Å². The lowest BCUT2D eigenvalue weighted by molar-refractivity contribution is -0.136. The second-order valence-corrected chi connectivity index (χ2v) is 5.98. The van der Waals surface area contributed by atoms with Crippen molar-refractivity contribution < 1.29 is 13.2 Å². The van der Waals surface area contributed by atoms with Crippen LogP contribution in [-0.2, 0) is 12.6 Å². The molecule has 0 radical (unpaired) electrons. The second-order valence-electron chi connectivity index (χ2n) is 5.57. The van der Waals surface area contributed by atoms with Gasteiger partial charge in [0.15, 0.2) is 5.11 Å². The summed E-state index contributed by atoms with van der Waals surface area (Å²) in [5.74, 6) is 0. The number of nitrogens with one attached hydrogen (secondary N) is 2. The first-order valence-electron chi connectivity index (χ1n) is 7.64. The van der Waals surface area contributed by atoms with Gasteiger partial charge < -0.3 is 10.6 Å². The standard InChI is InChI=1S/C18H19F3N2S/c1-13(11-12-14-7-3-2-4-8-14)22-17(24)23-16-10-6-5-9-15(16)18(19,20)21/h2-10,13H,11-12H2,1H3,(H2,22,23,24). The maximum atomic E-state index is 13.0. The molecule has 24 heavy (non-hydrogen) atoms. The highest BCUT2D eigenvalue weighted by Gasteiger charge is 2.33. The minimum atomic E-state index is -4.42. The summed E-state index contributed by atoms with van der Waals surface area (Å²) < 4.78 is 38.9. The summed E-state index contributed by atoms with van der Waals surface area (Å²) >= 11 is 5.14. The zero-order valence-electron chi connectivity index (χ0n) is 13.2. The molecule has 2 nitrogen and oxygen atoms in total. The van der Waals surface area contributed by atoms with Crippen LogP contribution in [0.5, 0.6) is 0 Å². The SMILES string of the molecule is CC(CCc1ccccc1)NC(=S)Nc1ccccc1C(F)(F)F. The van der Waals surface area contributed by atoms with Gasteiger partial charge in [-0.25, -0.2) is 0 Å². The fourth-order valence-electron chi connectivity index (χ4n) is 2.32. The third-order valence-electron chi connectivity index (χ3n) is 3.57. The second kappa shape index (κ2) is 8.15. The maximum Gasteiger partial charge on any atom is 0.418 e. The molecule has 1 unspecified atom stereocenters. The fourth-order valence-corrected chi connectivity index (χ4v) is 2.63. The summed E-state index contributed by atoms with van der Waals surface area (Å²) in [4.78, 5) is 0. The summed E-state index contributed by atoms with van der Waals surface area (Å²) in [7, 11) is 0. The molecule has 2 aromatic carbocycles. The number of hydrogen-bond acceptors (Lipinski definition) is 1. The number of rotatable bonds is 5. The van der Waals surface area contributed by atoms with Gasteiger partial charge >= 0.3 is 6.18 Å². The van der Waals surface area contributed by atoms with Crippen molar-refractivity contribution in [1.82, 2.24) is 5.32 Å². The smallest absolute Gasteiger partial charge is 0.360 e. The Labute approximate surface area is 145 Å². The van der Waals surface area contributed by atoms with E-state index in [0.717, 1.165) is 18.9 Å². The molecule has 0 aliphatic heterocycles. The van der Waals surface area contributed by atoms with E-state index in [9.17, 15) is 13.2 Å². The van der Waals surface area contributed by atoms with Crippen LogP contribution in [0.15, 0.2) is 54.6 Å². The molecule has 0 amide bonds. The summed E-state index contributed by atoms with van der Waals surface area (Å²) in [6.07, 6.45) is -2.72. The van der Waals surface area contributed by atoms with Crippen LogP contribution in [-0.4, -0.2) is 11.2 Å². The third-order valence-corrected chi connectivity index (χ3v) is 3.79. The molecule has 0 aromatic heterocycles. The van der Waals surface area contributed by atoms with Gasteiger partial charge in [0, 0.05) is 6.04 Å². The molecule has 2 aromatic rings. The van der Waals surface area contributed by atoms with Crippen LogP contribution in [0.2, 0.25) is 0 Å². The van der Waals surface area contributed by atoms with Crippen LogP contribution in [0.25, 0.3) is 0 Å². The summed E-state index contributed by atoms with van der Waals surface area (Å²) in [5.41, 5.74) is 0.441. The largest absolute Gasteiger partial charge is 0.418 e. The minimum absolute atomic E-state index is 0.0437.